The molecule has 2 rings (SSSR count). The highest BCUT2D eigenvalue weighted by Gasteiger charge is 2.21. The molecule has 0 aliphatic rings. The van der Waals surface area contributed by atoms with Crippen molar-refractivity contribution in [2.45, 2.75) is 23.6 Å². The lowest BCUT2D eigenvalue weighted by atomic mass is 10.2. The van der Waals surface area contributed by atoms with E-state index in [-0.39, 0.29) is 15.7 Å². The number of sulfone groups is 1. The maximum Gasteiger partial charge on any atom is 0.221 e. The fraction of sp³-hybridized carbons (Fsp3) is 0.133. The molecule has 1 N–H and O–H groups in total. The van der Waals surface area contributed by atoms with Crippen LogP contribution in [-0.4, -0.2) is 14.3 Å². The van der Waals surface area contributed by atoms with Gasteiger partial charge in [-0.2, -0.15) is 0 Å². The zero-order valence-electron chi connectivity index (χ0n) is 11.3. The van der Waals surface area contributed by atoms with Crippen LogP contribution in [0, 0.1) is 6.92 Å². The van der Waals surface area contributed by atoms with Gasteiger partial charge in [0.05, 0.1) is 15.5 Å². The van der Waals surface area contributed by atoms with Gasteiger partial charge in [-0.25, -0.2) is 8.42 Å². The smallest absolute Gasteiger partial charge is 0.221 e. The average molecular weight is 289 g/mol. The molecule has 0 radical (unpaired) electrons. The molecule has 0 atom stereocenters. The summed E-state index contributed by atoms with van der Waals surface area (Å²) in [7, 11) is -3.65. The largest absolute Gasteiger partial charge is 0.325 e. The summed E-state index contributed by atoms with van der Waals surface area (Å²) >= 11 is 0. The van der Waals surface area contributed by atoms with Crippen LogP contribution in [0.2, 0.25) is 0 Å². The molecular formula is C15H15NO3S. The van der Waals surface area contributed by atoms with E-state index in [0.717, 1.165) is 5.56 Å². The number of aryl methyl sites for hydroxylation is 1. The maximum atomic E-state index is 12.6. The number of nitrogens with one attached hydrogen (secondary N) is 1. The molecule has 1 amide bonds. The molecule has 0 aliphatic carbocycles. The predicted molar refractivity (Wildman–Crippen MR) is 77.4 cm³/mol. The average Bonchev–Trinajstić information content (AvgIpc) is 2.39. The molecule has 0 spiro atoms. The van der Waals surface area contributed by atoms with Gasteiger partial charge in [-0.3, -0.25) is 4.79 Å². The van der Waals surface area contributed by atoms with Gasteiger partial charge in [0, 0.05) is 6.92 Å². The first kappa shape index (κ1) is 14.3. The van der Waals surface area contributed by atoms with Crippen LogP contribution in [0.3, 0.4) is 0 Å². The molecule has 0 bridgehead atoms. The molecule has 0 saturated heterocycles. The molecule has 20 heavy (non-hydrogen) atoms. The zero-order chi connectivity index (χ0) is 14.8. The van der Waals surface area contributed by atoms with Crippen LogP contribution >= 0.6 is 0 Å². The van der Waals surface area contributed by atoms with Gasteiger partial charge >= 0.3 is 0 Å². The molecule has 2 aromatic rings. The Morgan fingerprint density at radius 1 is 1.00 bits per heavy atom. The summed E-state index contributed by atoms with van der Waals surface area (Å²) in [4.78, 5) is 11.5. The summed E-state index contributed by atoms with van der Waals surface area (Å²) in [6.45, 7) is 3.23. The molecule has 0 fully saturated rings. The van der Waals surface area contributed by atoms with Gasteiger partial charge in [-0.15, -0.1) is 0 Å². The SMILES string of the molecule is CC(=O)Nc1ccccc1S(=O)(=O)c1ccc(C)cc1. The molecule has 0 aliphatic heterocycles. The molecule has 2 aromatic carbocycles. The number of hydrogen-bond acceptors (Lipinski definition) is 3. The number of hydrogen-bond donors (Lipinski definition) is 1. The summed E-state index contributed by atoms with van der Waals surface area (Å²) in [5.74, 6) is -0.309. The topological polar surface area (TPSA) is 63.2 Å². The van der Waals surface area contributed by atoms with E-state index < -0.39 is 9.84 Å². The van der Waals surface area contributed by atoms with Crippen LogP contribution in [0.4, 0.5) is 5.69 Å². The van der Waals surface area contributed by atoms with E-state index in [2.05, 4.69) is 5.32 Å². The van der Waals surface area contributed by atoms with Crippen molar-refractivity contribution < 1.29 is 13.2 Å². The van der Waals surface area contributed by atoms with E-state index in [4.69, 9.17) is 0 Å². The molecule has 0 unspecified atom stereocenters. The summed E-state index contributed by atoms with van der Waals surface area (Å²) in [6.07, 6.45) is 0. The highest BCUT2D eigenvalue weighted by molar-refractivity contribution is 7.91. The van der Waals surface area contributed by atoms with Crippen molar-refractivity contribution in [2.24, 2.45) is 0 Å². The van der Waals surface area contributed by atoms with E-state index in [9.17, 15) is 13.2 Å². The van der Waals surface area contributed by atoms with Crippen LogP contribution in [0.5, 0.6) is 0 Å². The van der Waals surface area contributed by atoms with Crippen LogP contribution in [-0.2, 0) is 14.6 Å². The van der Waals surface area contributed by atoms with Gasteiger partial charge in [0.1, 0.15) is 0 Å². The second-order valence-corrected chi connectivity index (χ2v) is 6.41. The third-order valence-corrected chi connectivity index (χ3v) is 4.65. The van der Waals surface area contributed by atoms with E-state index in [1.807, 2.05) is 6.92 Å². The van der Waals surface area contributed by atoms with Gasteiger partial charge in [-0.05, 0) is 31.2 Å². The Bertz CT molecular complexity index is 734. The van der Waals surface area contributed by atoms with E-state index in [0.29, 0.717) is 5.69 Å². The molecular weight excluding hydrogens is 274 g/mol. The number of carbonyl (C=O) groups is 1. The third-order valence-electron chi connectivity index (χ3n) is 2.82. The predicted octanol–water partition coefficient (Wildman–Crippen LogP) is 2.79. The Morgan fingerprint density at radius 2 is 1.60 bits per heavy atom. The fourth-order valence-corrected chi connectivity index (χ4v) is 3.25. The Hall–Kier alpha value is -2.14. The standard InChI is InChI=1S/C15H15NO3S/c1-11-7-9-13(10-8-11)20(18,19)15-6-4-3-5-14(15)16-12(2)17/h3-10H,1-2H3,(H,16,17). The Labute approximate surface area is 118 Å². The lowest BCUT2D eigenvalue weighted by Crippen LogP contribution is -2.11. The first-order chi connectivity index (χ1) is 9.41. The summed E-state index contributed by atoms with van der Waals surface area (Å²) in [6, 6.07) is 13.0. The van der Waals surface area contributed by atoms with Crippen LogP contribution in [0.1, 0.15) is 12.5 Å². The zero-order valence-corrected chi connectivity index (χ0v) is 12.1. The number of carbonyl (C=O) groups excluding carboxylic acids is 1. The number of para-hydroxylation sites is 1. The van der Waals surface area contributed by atoms with Crippen molar-refractivity contribution in [1.82, 2.24) is 0 Å². The van der Waals surface area contributed by atoms with Crippen molar-refractivity contribution in [2.75, 3.05) is 5.32 Å². The monoisotopic (exact) mass is 289 g/mol. The van der Waals surface area contributed by atoms with Crippen LogP contribution < -0.4 is 5.32 Å². The van der Waals surface area contributed by atoms with E-state index >= 15 is 0 Å². The summed E-state index contributed by atoms with van der Waals surface area (Å²) in [5, 5.41) is 2.54. The minimum absolute atomic E-state index is 0.0963. The molecule has 0 heterocycles. The highest BCUT2D eigenvalue weighted by atomic mass is 32.2. The Balaban J connectivity index is 2.54. The lowest BCUT2D eigenvalue weighted by Gasteiger charge is -2.10. The van der Waals surface area contributed by atoms with Crippen LogP contribution in [0.15, 0.2) is 58.3 Å². The third kappa shape index (κ3) is 2.88. The maximum absolute atomic E-state index is 12.6. The number of anilines is 1. The summed E-state index contributed by atoms with van der Waals surface area (Å²) < 4.78 is 25.2. The van der Waals surface area contributed by atoms with Crippen molar-refractivity contribution in [1.29, 1.82) is 0 Å². The number of amides is 1. The van der Waals surface area contributed by atoms with Crippen molar-refractivity contribution in [3.05, 3.63) is 54.1 Å². The van der Waals surface area contributed by atoms with Gasteiger partial charge in [0.15, 0.2) is 0 Å². The van der Waals surface area contributed by atoms with Crippen molar-refractivity contribution >= 4 is 21.4 Å². The second-order valence-electron chi connectivity index (χ2n) is 4.49. The number of rotatable bonds is 3. The van der Waals surface area contributed by atoms with E-state index in [1.165, 1.54) is 13.0 Å². The second kappa shape index (κ2) is 5.46. The minimum Gasteiger partial charge on any atom is -0.325 e. The van der Waals surface area contributed by atoms with Gasteiger partial charge in [0.25, 0.3) is 0 Å². The molecule has 0 aromatic heterocycles. The van der Waals surface area contributed by atoms with Gasteiger partial charge < -0.3 is 5.32 Å². The quantitative estimate of drug-likeness (QED) is 0.945. The Kier molecular flexibility index (Phi) is 3.90. The first-order valence-corrected chi connectivity index (χ1v) is 7.58. The van der Waals surface area contributed by atoms with Gasteiger partial charge in [0.2, 0.25) is 15.7 Å². The van der Waals surface area contributed by atoms with E-state index in [1.54, 1.807) is 42.5 Å². The van der Waals surface area contributed by atoms with Crippen LogP contribution in [0.25, 0.3) is 0 Å². The Morgan fingerprint density at radius 3 is 2.20 bits per heavy atom. The summed E-state index contributed by atoms with van der Waals surface area (Å²) in [5.41, 5.74) is 1.28. The molecule has 5 heteroatoms. The van der Waals surface area contributed by atoms with Crippen molar-refractivity contribution in [3.8, 4) is 0 Å². The molecule has 4 nitrogen and oxygen atoms in total. The molecule has 0 saturated carbocycles. The minimum atomic E-state index is -3.65. The lowest BCUT2D eigenvalue weighted by molar-refractivity contribution is -0.114. The number of benzene rings is 2. The normalized spacial score (nSPS) is 11.1. The van der Waals surface area contributed by atoms with Crippen molar-refractivity contribution in [3.63, 3.8) is 0 Å². The fourth-order valence-electron chi connectivity index (χ4n) is 1.84. The van der Waals surface area contributed by atoms with Gasteiger partial charge in [-0.1, -0.05) is 29.8 Å². The molecule has 104 valence electrons. The highest BCUT2D eigenvalue weighted by Crippen LogP contribution is 2.27. The first-order valence-electron chi connectivity index (χ1n) is 6.09.